The molecule has 0 fully saturated rings. The Hall–Kier alpha value is -3.48. The van der Waals surface area contributed by atoms with E-state index in [0.717, 1.165) is 39.7 Å². The average Bonchev–Trinajstić information content (AvgIpc) is 3.31. The second-order valence-electron chi connectivity index (χ2n) is 6.94. The molecule has 4 rings (SSSR count). The first-order valence-corrected chi connectivity index (χ1v) is 9.62. The number of aryl methyl sites for hydroxylation is 1. The highest BCUT2D eigenvalue weighted by Crippen LogP contribution is 2.32. The number of nitrogens with one attached hydrogen (secondary N) is 2. The van der Waals surface area contributed by atoms with Crippen LogP contribution in [0.1, 0.15) is 22.5 Å². The topological polar surface area (TPSA) is 77.4 Å². The zero-order valence-electron chi connectivity index (χ0n) is 16.6. The van der Waals surface area contributed by atoms with Crippen LogP contribution in [0.4, 0.5) is 4.79 Å². The molecule has 0 aliphatic carbocycles. The maximum absolute atomic E-state index is 12.2. The zero-order valence-corrected chi connectivity index (χ0v) is 16.6. The van der Waals surface area contributed by atoms with Crippen LogP contribution < -0.4 is 20.1 Å². The number of hydrogen-bond donors (Lipinski definition) is 2. The number of para-hydroxylation sites is 1. The molecule has 1 aromatic heterocycles. The lowest BCUT2D eigenvalue weighted by atomic mass is 10.1. The SMILES string of the molecule is Cc1nn(-c2ccccc2)c(C)c1CNC(=O)NCCc1ccc2c(c1)OCO2. The molecular weight excluding hydrogens is 368 g/mol. The van der Waals surface area contributed by atoms with Crippen molar-refractivity contribution < 1.29 is 14.3 Å². The first kappa shape index (κ1) is 18.9. The molecule has 0 atom stereocenters. The number of fused-ring (bicyclic) bond motifs is 1. The fourth-order valence-electron chi connectivity index (χ4n) is 3.40. The summed E-state index contributed by atoms with van der Waals surface area (Å²) in [7, 11) is 0. The lowest BCUT2D eigenvalue weighted by Gasteiger charge is -2.09. The van der Waals surface area contributed by atoms with Gasteiger partial charge in [0, 0.05) is 24.3 Å². The fourth-order valence-corrected chi connectivity index (χ4v) is 3.40. The van der Waals surface area contributed by atoms with Crippen LogP contribution in [0.2, 0.25) is 0 Å². The number of aromatic nitrogens is 2. The standard InChI is InChI=1S/C22H24N4O3/c1-15-19(16(2)26(25-15)18-6-4-3-5-7-18)13-24-22(27)23-11-10-17-8-9-20-21(12-17)29-14-28-20/h3-9,12H,10-11,13-14H2,1-2H3,(H2,23,24,27). The van der Waals surface area contributed by atoms with Gasteiger partial charge < -0.3 is 20.1 Å². The van der Waals surface area contributed by atoms with E-state index in [4.69, 9.17) is 9.47 Å². The molecule has 2 aromatic carbocycles. The summed E-state index contributed by atoms with van der Waals surface area (Å²) < 4.78 is 12.6. The van der Waals surface area contributed by atoms with Crippen LogP contribution in [-0.4, -0.2) is 29.1 Å². The Bertz CT molecular complexity index is 1010. The number of nitrogens with zero attached hydrogens (tertiary/aromatic N) is 2. The predicted octanol–water partition coefficient (Wildman–Crippen LogP) is 3.26. The lowest BCUT2D eigenvalue weighted by Crippen LogP contribution is -2.36. The highest BCUT2D eigenvalue weighted by molar-refractivity contribution is 5.73. The molecule has 2 heterocycles. The number of amides is 2. The predicted molar refractivity (Wildman–Crippen MR) is 110 cm³/mol. The third-order valence-electron chi connectivity index (χ3n) is 5.00. The molecule has 7 heteroatoms. The summed E-state index contributed by atoms with van der Waals surface area (Å²) in [6.07, 6.45) is 0.716. The highest BCUT2D eigenvalue weighted by atomic mass is 16.7. The third-order valence-corrected chi connectivity index (χ3v) is 5.00. The number of ether oxygens (including phenoxy) is 2. The van der Waals surface area contributed by atoms with Crippen LogP contribution >= 0.6 is 0 Å². The number of carbonyl (C=O) groups is 1. The Balaban J connectivity index is 1.29. The first-order valence-electron chi connectivity index (χ1n) is 9.62. The van der Waals surface area contributed by atoms with Crippen molar-refractivity contribution in [1.29, 1.82) is 0 Å². The highest BCUT2D eigenvalue weighted by Gasteiger charge is 2.14. The second-order valence-corrected chi connectivity index (χ2v) is 6.94. The van der Waals surface area contributed by atoms with E-state index in [1.807, 2.05) is 67.1 Å². The molecular formula is C22H24N4O3. The van der Waals surface area contributed by atoms with Crippen LogP contribution in [-0.2, 0) is 13.0 Å². The Morgan fingerprint density at radius 1 is 1.07 bits per heavy atom. The molecule has 0 bridgehead atoms. The molecule has 1 aliphatic heterocycles. The first-order chi connectivity index (χ1) is 14.1. The van der Waals surface area contributed by atoms with Crippen molar-refractivity contribution in [3.63, 3.8) is 0 Å². The summed E-state index contributed by atoms with van der Waals surface area (Å²) in [5.74, 6) is 1.52. The summed E-state index contributed by atoms with van der Waals surface area (Å²) in [6.45, 7) is 5.20. The minimum absolute atomic E-state index is 0.197. The summed E-state index contributed by atoms with van der Waals surface area (Å²) in [5, 5.41) is 10.4. The number of urea groups is 1. The van der Waals surface area contributed by atoms with E-state index in [-0.39, 0.29) is 12.8 Å². The maximum Gasteiger partial charge on any atom is 0.315 e. The van der Waals surface area contributed by atoms with Crippen molar-refractivity contribution in [2.24, 2.45) is 0 Å². The lowest BCUT2D eigenvalue weighted by molar-refractivity contribution is 0.174. The van der Waals surface area contributed by atoms with Gasteiger partial charge in [-0.1, -0.05) is 24.3 Å². The number of rotatable bonds is 6. The van der Waals surface area contributed by atoms with Gasteiger partial charge in [-0.3, -0.25) is 0 Å². The smallest absolute Gasteiger partial charge is 0.315 e. The van der Waals surface area contributed by atoms with Gasteiger partial charge in [0.05, 0.1) is 11.4 Å². The van der Waals surface area contributed by atoms with E-state index in [9.17, 15) is 4.79 Å². The molecule has 7 nitrogen and oxygen atoms in total. The Labute approximate surface area is 169 Å². The van der Waals surface area contributed by atoms with E-state index < -0.39 is 0 Å². The molecule has 0 radical (unpaired) electrons. The summed E-state index contributed by atoms with van der Waals surface area (Å²) in [5.41, 5.74) is 5.05. The van der Waals surface area contributed by atoms with Gasteiger partial charge in [-0.15, -0.1) is 0 Å². The molecule has 0 saturated heterocycles. The normalized spacial score (nSPS) is 12.1. The Morgan fingerprint density at radius 3 is 2.69 bits per heavy atom. The second kappa shape index (κ2) is 8.26. The van der Waals surface area contributed by atoms with Crippen molar-refractivity contribution in [2.45, 2.75) is 26.8 Å². The van der Waals surface area contributed by atoms with Crippen LogP contribution in [0.3, 0.4) is 0 Å². The van der Waals surface area contributed by atoms with Crippen molar-refractivity contribution in [3.8, 4) is 17.2 Å². The monoisotopic (exact) mass is 392 g/mol. The van der Waals surface area contributed by atoms with Gasteiger partial charge in [0.1, 0.15) is 0 Å². The zero-order chi connectivity index (χ0) is 20.2. The van der Waals surface area contributed by atoms with E-state index >= 15 is 0 Å². The number of benzene rings is 2. The van der Waals surface area contributed by atoms with Gasteiger partial charge in [-0.2, -0.15) is 5.10 Å². The van der Waals surface area contributed by atoms with Crippen LogP contribution in [0.25, 0.3) is 5.69 Å². The van der Waals surface area contributed by atoms with Gasteiger partial charge in [-0.05, 0) is 50.1 Å². The van der Waals surface area contributed by atoms with Crippen LogP contribution in [0, 0.1) is 13.8 Å². The molecule has 3 aromatic rings. The molecule has 1 aliphatic rings. The minimum atomic E-state index is -0.197. The fraction of sp³-hybridized carbons (Fsp3) is 0.273. The quantitative estimate of drug-likeness (QED) is 0.675. The number of carbonyl (C=O) groups excluding carboxylic acids is 1. The Kier molecular flexibility index (Phi) is 5.37. The molecule has 0 spiro atoms. The van der Waals surface area contributed by atoms with Crippen LogP contribution in [0.5, 0.6) is 11.5 Å². The maximum atomic E-state index is 12.2. The van der Waals surface area contributed by atoms with Gasteiger partial charge >= 0.3 is 6.03 Å². The van der Waals surface area contributed by atoms with Gasteiger partial charge in [0.25, 0.3) is 0 Å². The van der Waals surface area contributed by atoms with Gasteiger partial charge in [0.2, 0.25) is 6.79 Å². The van der Waals surface area contributed by atoms with Crippen molar-refractivity contribution in [2.75, 3.05) is 13.3 Å². The van der Waals surface area contributed by atoms with Crippen LogP contribution in [0.15, 0.2) is 48.5 Å². The summed E-state index contributed by atoms with van der Waals surface area (Å²) in [4.78, 5) is 12.2. The van der Waals surface area contributed by atoms with E-state index in [2.05, 4.69) is 15.7 Å². The van der Waals surface area contributed by atoms with E-state index in [1.54, 1.807) is 0 Å². The largest absolute Gasteiger partial charge is 0.454 e. The summed E-state index contributed by atoms with van der Waals surface area (Å²) >= 11 is 0. The van der Waals surface area contributed by atoms with Crippen molar-refractivity contribution in [3.05, 3.63) is 71.0 Å². The molecule has 2 amide bonds. The molecule has 0 saturated carbocycles. The van der Waals surface area contributed by atoms with Crippen molar-refractivity contribution >= 4 is 6.03 Å². The Morgan fingerprint density at radius 2 is 1.86 bits per heavy atom. The number of hydrogen-bond acceptors (Lipinski definition) is 4. The molecule has 29 heavy (non-hydrogen) atoms. The van der Waals surface area contributed by atoms with Crippen molar-refractivity contribution in [1.82, 2.24) is 20.4 Å². The third kappa shape index (κ3) is 4.18. The van der Waals surface area contributed by atoms with Gasteiger partial charge in [0.15, 0.2) is 11.5 Å². The van der Waals surface area contributed by atoms with E-state index in [0.29, 0.717) is 19.5 Å². The summed E-state index contributed by atoms with van der Waals surface area (Å²) in [6, 6.07) is 15.6. The minimum Gasteiger partial charge on any atom is -0.454 e. The molecule has 150 valence electrons. The van der Waals surface area contributed by atoms with E-state index in [1.165, 1.54) is 0 Å². The average molecular weight is 392 g/mol. The molecule has 0 unspecified atom stereocenters. The molecule has 2 N–H and O–H groups in total. The van der Waals surface area contributed by atoms with Gasteiger partial charge in [-0.25, -0.2) is 9.48 Å².